The van der Waals surface area contributed by atoms with Gasteiger partial charge in [0.15, 0.2) is 5.82 Å². The first kappa shape index (κ1) is 12.9. The Labute approximate surface area is 112 Å². The Bertz CT molecular complexity index is 510. The standard InChI is InChI=1S/C13H16ClN3O/c1-10(2)7-17-13(15-9-16-17)8-18-12-6-4-3-5-11(12)14/h3-6,9-10H,7-8H2,1-2H3. The summed E-state index contributed by atoms with van der Waals surface area (Å²) in [7, 11) is 0. The molecular formula is C13H16ClN3O. The van der Waals surface area contributed by atoms with E-state index in [0.29, 0.717) is 23.3 Å². The van der Waals surface area contributed by atoms with Gasteiger partial charge in [0, 0.05) is 6.54 Å². The highest BCUT2D eigenvalue weighted by Crippen LogP contribution is 2.23. The van der Waals surface area contributed by atoms with Gasteiger partial charge in [-0.25, -0.2) is 9.67 Å². The smallest absolute Gasteiger partial charge is 0.164 e. The van der Waals surface area contributed by atoms with Crippen molar-refractivity contribution in [1.29, 1.82) is 0 Å². The number of aromatic nitrogens is 3. The second kappa shape index (κ2) is 5.87. The van der Waals surface area contributed by atoms with E-state index in [1.54, 1.807) is 12.4 Å². The SMILES string of the molecule is CC(C)Cn1ncnc1COc1ccccc1Cl. The Morgan fingerprint density at radius 2 is 2.11 bits per heavy atom. The molecule has 0 saturated carbocycles. The first-order chi connectivity index (χ1) is 8.66. The molecule has 0 atom stereocenters. The van der Waals surface area contributed by atoms with Crippen LogP contribution in [0.25, 0.3) is 0 Å². The minimum Gasteiger partial charge on any atom is -0.484 e. The molecule has 0 radical (unpaired) electrons. The molecule has 0 fully saturated rings. The highest BCUT2D eigenvalue weighted by Gasteiger charge is 2.08. The lowest BCUT2D eigenvalue weighted by Gasteiger charge is -2.10. The first-order valence-corrected chi connectivity index (χ1v) is 6.28. The topological polar surface area (TPSA) is 39.9 Å². The third kappa shape index (κ3) is 3.23. The maximum absolute atomic E-state index is 6.02. The van der Waals surface area contributed by atoms with Crippen LogP contribution in [-0.2, 0) is 13.2 Å². The molecule has 0 unspecified atom stereocenters. The van der Waals surface area contributed by atoms with Crippen molar-refractivity contribution in [3.05, 3.63) is 41.4 Å². The molecule has 96 valence electrons. The third-order valence-corrected chi connectivity index (χ3v) is 2.74. The van der Waals surface area contributed by atoms with Crippen LogP contribution in [0.15, 0.2) is 30.6 Å². The molecule has 1 aromatic carbocycles. The summed E-state index contributed by atoms with van der Waals surface area (Å²) in [5, 5.41) is 4.79. The number of hydrogen-bond acceptors (Lipinski definition) is 3. The summed E-state index contributed by atoms with van der Waals surface area (Å²) < 4.78 is 7.51. The number of para-hydroxylation sites is 1. The van der Waals surface area contributed by atoms with Gasteiger partial charge in [-0.2, -0.15) is 5.10 Å². The maximum atomic E-state index is 6.02. The quantitative estimate of drug-likeness (QED) is 0.834. The van der Waals surface area contributed by atoms with Crippen LogP contribution in [0.4, 0.5) is 0 Å². The van der Waals surface area contributed by atoms with Gasteiger partial charge in [0.25, 0.3) is 0 Å². The molecule has 2 aromatic rings. The van der Waals surface area contributed by atoms with Crippen LogP contribution in [0.3, 0.4) is 0 Å². The predicted molar refractivity (Wildman–Crippen MR) is 70.6 cm³/mol. The Morgan fingerprint density at radius 1 is 1.33 bits per heavy atom. The number of rotatable bonds is 5. The highest BCUT2D eigenvalue weighted by molar-refractivity contribution is 6.32. The van der Waals surface area contributed by atoms with Crippen molar-refractivity contribution in [2.75, 3.05) is 0 Å². The number of hydrogen-bond donors (Lipinski definition) is 0. The minimum absolute atomic E-state index is 0.371. The summed E-state index contributed by atoms with van der Waals surface area (Å²) in [6.07, 6.45) is 1.55. The molecule has 1 heterocycles. The van der Waals surface area contributed by atoms with E-state index in [1.165, 1.54) is 0 Å². The minimum atomic E-state index is 0.371. The molecule has 0 N–H and O–H groups in total. The summed E-state index contributed by atoms with van der Waals surface area (Å²) in [6.45, 7) is 5.48. The van der Waals surface area contributed by atoms with Crippen LogP contribution < -0.4 is 4.74 Å². The molecule has 1 aromatic heterocycles. The van der Waals surface area contributed by atoms with Gasteiger partial charge >= 0.3 is 0 Å². The van der Waals surface area contributed by atoms with E-state index in [1.807, 2.05) is 22.9 Å². The van der Waals surface area contributed by atoms with Crippen LogP contribution in [0.1, 0.15) is 19.7 Å². The zero-order valence-corrected chi connectivity index (χ0v) is 11.3. The van der Waals surface area contributed by atoms with Crippen molar-refractivity contribution in [2.24, 2.45) is 5.92 Å². The number of halogens is 1. The monoisotopic (exact) mass is 265 g/mol. The fraction of sp³-hybridized carbons (Fsp3) is 0.385. The third-order valence-electron chi connectivity index (χ3n) is 2.43. The zero-order valence-electron chi connectivity index (χ0n) is 10.5. The second-order valence-corrected chi connectivity index (χ2v) is 4.88. The summed E-state index contributed by atoms with van der Waals surface area (Å²) in [5.74, 6) is 1.99. The van der Waals surface area contributed by atoms with E-state index in [0.717, 1.165) is 12.4 Å². The van der Waals surface area contributed by atoms with E-state index < -0.39 is 0 Å². The Kier molecular flexibility index (Phi) is 4.20. The van der Waals surface area contributed by atoms with E-state index in [4.69, 9.17) is 16.3 Å². The van der Waals surface area contributed by atoms with Crippen molar-refractivity contribution in [2.45, 2.75) is 27.0 Å². The van der Waals surface area contributed by atoms with Gasteiger partial charge in [0.05, 0.1) is 5.02 Å². The Balaban J connectivity index is 2.02. The average Bonchev–Trinajstić information content (AvgIpc) is 2.75. The molecule has 0 aliphatic heterocycles. The molecule has 18 heavy (non-hydrogen) atoms. The average molecular weight is 266 g/mol. The molecule has 0 spiro atoms. The van der Waals surface area contributed by atoms with E-state index in [-0.39, 0.29) is 0 Å². The maximum Gasteiger partial charge on any atom is 0.164 e. The molecule has 2 rings (SSSR count). The van der Waals surface area contributed by atoms with Gasteiger partial charge in [0.2, 0.25) is 0 Å². The molecule has 5 heteroatoms. The van der Waals surface area contributed by atoms with Crippen LogP contribution in [-0.4, -0.2) is 14.8 Å². The zero-order chi connectivity index (χ0) is 13.0. The number of ether oxygens (including phenoxy) is 1. The lowest BCUT2D eigenvalue weighted by Crippen LogP contribution is -2.12. The fourth-order valence-electron chi connectivity index (χ4n) is 1.60. The van der Waals surface area contributed by atoms with Crippen molar-refractivity contribution >= 4 is 11.6 Å². The van der Waals surface area contributed by atoms with Crippen LogP contribution >= 0.6 is 11.6 Å². The molecular weight excluding hydrogens is 250 g/mol. The van der Waals surface area contributed by atoms with Crippen molar-refractivity contribution in [3.63, 3.8) is 0 Å². The first-order valence-electron chi connectivity index (χ1n) is 5.91. The van der Waals surface area contributed by atoms with E-state index in [2.05, 4.69) is 23.9 Å². The van der Waals surface area contributed by atoms with Crippen molar-refractivity contribution in [3.8, 4) is 5.75 Å². The fourth-order valence-corrected chi connectivity index (χ4v) is 1.79. The van der Waals surface area contributed by atoms with Crippen molar-refractivity contribution in [1.82, 2.24) is 14.8 Å². The summed E-state index contributed by atoms with van der Waals surface area (Å²) >= 11 is 6.02. The van der Waals surface area contributed by atoms with Crippen LogP contribution in [0, 0.1) is 5.92 Å². The summed E-state index contributed by atoms with van der Waals surface area (Å²) in [4.78, 5) is 4.20. The Morgan fingerprint density at radius 3 is 2.83 bits per heavy atom. The summed E-state index contributed by atoms with van der Waals surface area (Å²) in [6, 6.07) is 7.40. The Hall–Kier alpha value is -1.55. The van der Waals surface area contributed by atoms with Gasteiger partial charge in [-0.05, 0) is 18.1 Å². The molecule has 0 amide bonds. The van der Waals surface area contributed by atoms with Gasteiger partial charge in [0.1, 0.15) is 18.7 Å². The largest absolute Gasteiger partial charge is 0.484 e. The lowest BCUT2D eigenvalue weighted by atomic mass is 10.2. The molecule has 0 saturated heterocycles. The van der Waals surface area contributed by atoms with E-state index in [9.17, 15) is 0 Å². The predicted octanol–water partition coefficient (Wildman–Crippen LogP) is 3.17. The second-order valence-electron chi connectivity index (χ2n) is 4.47. The molecule has 0 bridgehead atoms. The lowest BCUT2D eigenvalue weighted by molar-refractivity contribution is 0.283. The van der Waals surface area contributed by atoms with Gasteiger partial charge < -0.3 is 4.74 Å². The van der Waals surface area contributed by atoms with Crippen molar-refractivity contribution < 1.29 is 4.74 Å². The molecule has 4 nitrogen and oxygen atoms in total. The normalized spacial score (nSPS) is 10.9. The van der Waals surface area contributed by atoms with Gasteiger partial charge in [-0.1, -0.05) is 37.6 Å². The molecule has 0 aliphatic carbocycles. The van der Waals surface area contributed by atoms with Crippen LogP contribution in [0.2, 0.25) is 5.02 Å². The summed E-state index contributed by atoms with van der Waals surface area (Å²) in [5.41, 5.74) is 0. The number of nitrogens with zero attached hydrogens (tertiary/aromatic N) is 3. The number of benzene rings is 1. The molecule has 0 aliphatic rings. The van der Waals surface area contributed by atoms with Crippen LogP contribution in [0.5, 0.6) is 5.75 Å². The van der Waals surface area contributed by atoms with Gasteiger partial charge in [-0.15, -0.1) is 0 Å². The van der Waals surface area contributed by atoms with Gasteiger partial charge in [-0.3, -0.25) is 0 Å². The highest BCUT2D eigenvalue weighted by atomic mass is 35.5. The van der Waals surface area contributed by atoms with E-state index >= 15 is 0 Å².